The van der Waals surface area contributed by atoms with E-state index in [9.17, 15) is 38.4 Å². The number of nitrogens with zero attached hydrogens (tertiary/aromatic N) is 1. The summed E-state index contributed by atoms with van der Waals surface area (Å²) in [6.07, 6.45) is -0.209. The molecular formula is C32H48B3Cl2F3N3O13Pd-. The van der Waals surface area contributed by atoms with Crippen molar-refractivity contribution < 1.29 is 92.7 Å². The van der Waals surface area contributed by atoms with E-state index >= 15 is 0 Å². The Morgan fingerprint density at radius 1 is 0.684 bits per heavy atom. The van der Waals surface area contributed by atoms with E-state index in [4.69, 9.17) is 39.6 Å². The quantitative estimate of drug-likeness (QED) is 0.0599. The minimum atomic E-state index is -1.40. The van der Waals surface area contributed by atoms with E-state index in [1.165, 1.54) is 24.6 Å². The molecule has 3 aromatic carbocycles. The molecule has 0 saturated carbocycles. The van der Waals surface area contributed by atoms with Crippen molar-refractivity contribution in [2.24, 2.45) is 11.5 Å². The monoisotopic (exact) mass is 948 g/mol. The van der Waals surface area contributed by atoms with Crippen molar-refractivity contribution >= 4 is 61.8 Å². The number of halogens is 5. The Hall–Kier alpha value is -2.71. The maximum absolute atomic E-state index is 13.6. The van der Waals surface area contributed by atoms with Crippen LogP contribution in [0.2, 0.25) is 0 Å². The molecule has 3 heterocycles. The Labute approximate surface area is 354 Å². The number of fused-ring (bicyclic) bond motifs is 3. The van der Waals surface area contributed by atoms with Crippen molar-refractivity contribution in [3.05, 3.63) is 88.1 Å². The Morgan fingerprint density at radius 2 is 0.947 bits per heavy atom. The van der Waals surface area contributed by atoms with Crippen LogP contribution in [0.1, 0.15) is 55.8 Å². The summed E-state index contributed by atoms with van der Waals surface area (Å²) in [6.45, 7) is 6.04. The van der Waals surface area contributed by atoms with Crippen LogP contribution in [0.4, 0.5) is 13.2 Å². The minimum absolute atomic E-state index is 0. The molecule has 3 unspecified atom stereocenters. The topological polar surface area (TPSA) is 274 Å². The van der Waals surface area contributed by atoms with E-state index in [2.05, 4.69) is 11.6 Å². The van der Waals surface area contributed by atoms with Gasteiger partial charge in [0.2, 0.25) is 6.54 Å². The van der Waals surface area contributed by atoms with Gasteiger partial charge in [-0.15, -0.1) is 24.0 Å². The molecular weight excluding hydrogens is 901 g/mol. The summed E-state index contributed by atoms with van der Waals surface area (Å²) in [5, 5.41) is 39.6. The normalized spacial score (nSPS) is 16.2. The largest absolute Gasteiger partial charge is 0.496 e. The summed E-state index contributed by atoms with van der Waals surface area (Å²) in [4.78, 5) is 9.94. The van der Waals surface area contributed by atoms with Gasteiger partial charge in [-0.05, 0) is 55.7 Å². The molecule has 0 radical (unpaired) electrons. The van der Waals surface area contributed by atoms with Crippen LogP contribution >= 0.6 is 24.0 Å². The Morgan fingerprint density at radius 3 is 1.19 bits per heavy atom. The summed E-state index contributed by atoms with van der Waals surface area (Å²) in [5.41, 5.74) is 13.6. The maximum Gasteiger partial charge on any atom is 0.496 e. The molecule has 3 atom stereocenters. The first kappa shape index (κ1) is 58.6. The van der Waals surface area contributed by atoms with Gasteiger partial charge in [0.1, 0.15) is 6.10 Å². The first-order valence-corrected chi connectivity index (χ1v) is 16.9. The van der Waals surface area contributed by atoms with Crippen LogP contribution in [-0.4, -0.2) is 98.1 Å². The number of rotatable bonds is 10. The number of alkyl halides is 1. The summed E-state index contributed by atoms with van der Waals surface area (Å²) >= 11 is 4.64. The third kappa shape index (κ3) is 13.7. The van der Waals surface area contributed by atoms with Gasteiger partial charge >= 0.3 is 21.4 Å². The number of benzene rings is 3. The van der Waals surface area contributed by atoms with Gasteiger partial charge in [0.05, 0.1) is 32.0 Å². The summed E-state index contributed by atoms with van der Waals surface area (Å²) in [6, 6.07) is 8.26. The standard InChI is InChI=1S/C10H11BFNO5.2C10H13BFNO3.CH3Cl.CH3.ClH.2H2O.Pd/c1-2-17-10-7(12)4-3-6-8(5-13(15)16)18-11(14)9(6)10;2*1-2-15-10-7(12)4-3-6-8(5-13)16-11(14)9(6)10;1-2;;;;;/h3-4,8,14H,2,5H2,1H3;2*3-4,8,14H,2,5,13H2,1H3;1H3;1H3;1H;2*1H2;/q;;;;-1;;;;. The van der Waals surface area contributed by atoms with E-state index in [0.29, 0.717) is 40.8 Å². The molecule has 25 heteroatoms. The predicted molar refractivity (Wildman–Crippen MR) is 210 cm³/mol. The van der Waals surface area contributed by atoms with Crippen LogP contribution in [0, 0.1) is 35.0 Å². The summed E-state index contributed by atoms with van der Waals surface area (Å²) in [7, 11) is -3.73. The molecule has 16 nitrogen and oxygen atoms in total. The van der Waals surface area contributed by atoms with Crippen LogP contribution < -0.4 is 42.1 Å². The van der Waals surface area contributed by atoms with Crippen molar-refractivity contribution in [1.29, 1.82) is 0 Å². The maximum atomic E-state index is 13.6. The average molecular weight is 950 g/mol. The van der Waals surface area contributed by atoms with Crippen LogP contribution in [0.3, 0.4) is 0 Å². The van der Waals surface area contributed by atoms with E-state index in [0.717, 1.165) is 6.07 Å². The van der Waals surface area contributed by atoms with E-state index < -0.39 is 68.6 Å². The smallest absolute Gasteiger partial charge is 0.491 e. The van der Waals surface area contributed by atoms with Crippen molar-refractivity contribution in [1.82, 2.24) is 0 Å². The molecule has 3 aromatic rings. The molecule has 3 aliphatic rings. The molecule has 11 N–H and O–H groups in total. The third-order valence-corrected chi connectivity index (χ3v) is 7.82. The van der Waals surface area contributed by atoms with Crippen molar-refractivity contribution in [2.45, 2.75) is 39.1 Å². The summed E-state index contributed by atoms with van der Waals surface area (Å²) in [5.74, 6) is -1.61. The molecule has 0 spiro atoms. The molecule has 324 valence electrons. The molecule has 3 aliphatic heterocycles. The van der Waals surface area contributed by atoms with Crippen LogP contribution in [-0.2, 0) is 34.4 Å². The molecule has 6 rings (SSSR count). The Bertz CT molecular complexity index is 1610. The predicted octanol–water partition coefficient (Wildman–Crippen LogP) is 0.219. The van der Waals surface area contributed by atoms with Crippen LogP contribution in [0.5, 0.6) is 17.2 Å². The van der Waals surface area contributed by atoms with Crippen molar-refractivity contribution in [3.63, 3.8) is 0 Å². The van der Waals surface area contributed by atoms with Gasteiger partial charge in [-0.25, -0.2) is 13.2 Å². The zero-order valence-electron chi connectivity index (χ0n) is 31.6. The minimum Gasteiger partial charge on any atom is -0.491 e. The zero-order chi connectivity index (χ0) is 38.7. The molecule has 0 aromatic heterocycles. The van der Waals surface area contributed by atoms with Gasteiger partial charge in [-0.2, -0.15) is 0 Å². The SMILES string of the molecule is CCOc1c(F)ccc2c1B(O)OC2CN.CCOc1c(F)ccc2c1B(O)OC2CN.CCOc1c(F)ccc2c1B(O)OC2C[N+](=O)[O-].CCl.Cl.O.O.[CH3-].[Pd]. The Balaban J connectivity index is -0.000000721. The fourth-order valence-electron chi connectivity index (χ4n) is 5.78. The molecule has 0 amide bonds. The molecule has 0 saturated heterocycles. The van der Waals surface area contributed by atoms with Crippen molar-refractivity contribution in [3.8, 4) is 17.2 Å². The van der Waals surface area contributed by atoms with E-state index in [1.54, 1.807) is 32.9 Å². The fourth-order valence-corrected chi connectivity index (χ4v) is 5.78. The second-order valence-corrected chi connectivity index (χ2v) is 10.9. The molecule has 0 bridgehead atoms. The van der Waals surface area contributed by atoms with Gasteiger partial charge in [-0.1, -0.05) is 18.2 Å². The number of ether oxygens (including phenoxy) is 3. The van der Waals surface area contributed by atoms with Crippen LogP contribution in [0.25, 0.3) is 0 Å². The fraction of sp³-hybridized carbons (Fsp3) is 0.406. The third-order valence-electron chi connectivity index (χ3n) is 7.82. The molecule has 0 fully saturated rings. The van der Waals surface area contributed by atoms with Crippen LogP contribution in [0.15, 0.2) is 36.4 Å². The molecule has 57 heavy (non-hydrogen) atoms. The number of nitrogens with two attached hydrogens (primary N) is 2. The average Bonchev–Trinajstić information content (AvgIpc) is 3.75. The first-order chi connectivity index (χ1) is 24.9. The van der Waals surface area contributed by atoms with Gasteiger partial charge < -0.3 is 73.1 Å². The molecule has 0 aliphatic carbocycles. The van der Waals surface area contributed by atoms with Crippen molar-refractivity contribution in [2.75, 3.05) is 45.8 Å². The first-order valence-electron chi connectivity index (χ1n) is 16.2. The van der Waals surface area contributed by atoms with E-state index in [-0.39, 0.29) is 93.6 Å². The number of hydrogen-bond donors (Lipinski definition) is 5. The summed E-state index contributed by atoms with van der Waals surface area (Å²) < 4.78 is 71.6. The van der Waals surface area contributed by atoms with Gasteiger partial charge in [-0.3, -0.25) is 10.1 Å². The van der Waals surface area contributed by atoms with E-state index in [1.807, 2.05) is 0 Å². The number of nitro groups is 1. The van der Waals surface area contributed by atoms with Gasteiger partial charge in [0, 0.05) is 61.2 Å². The van der Waals surface area contributed by atoms with Gasteiger partial charge in [0.15, 0.2) is 34.7 Å². The number of hydrogen-bond acceptors (Lipinski definition) is 13. The van der Waals surface area contributed by atoms with Gasteiger partial charge in [0.25, 0.3) is 0 Å². The Kier molecular flexibility index (Phi) is 28.7. The second-order valence-electron chi connectivity index (χ2n) is 10.9. The second kappa shape index (κ2) is 27.9. The zero-order valence-corrected chi connectivity index (χ0v) is 34.7.